The summed E-state index contributed by atoms with van der Waals surface area (Å²) in [4.78, 5) is 20.6. The number of amides is 1. The number of ether oxygens (including phenoxy) is 3. The number of fused-ring (bicyclic) bond motifs is 2. The molecule has 5 atom stereocenters. The first-order valence-corrected chi connectivity index (χ1v) is 15.4. The molecular weight excluding hydrogens is 548 g/mol. The topological polar surface area (TPSA) is 143 Å². The average molecular weight is 587 g/mol. The number of alkyl carbamates (subject to hydrolysis) is 1. The summed E-state index contributed by atoms with van der Waals surface area (Å²) in [6.45, 7) is 6.40. The zero-order chi connectivity index (χ0) is 29.1. The molecule has 0 aliphatic carbocycles. The van der Waals surface area contributed by atoms with E-state index in [4.69, 9.17) is 14.2 Å². The van der Waals surface area contributed by atoms with E-state index in [1.165, 1.54) is 10.4 Å². The number of nitrogens with one attached hydrogen (secondary N) is 2. The van der Waals surface area contributed by atoms with Gasteiger partial charge in [0.05, 0.1) is 47.2 Å². The largest absolute Gasteiger partial charge is 0.443 e. The van der Waals surface area contributed by atoms with Crippen LogP contribution in [0.25, 0.3) is 11.0 Å². The van der Waals surface area contributed by atoms with Gasteiger partial charge in [-0.1, -0.05) is 44.2 Å². The molecule has 222 valence electrons. The van der Waals surface area contributed by atoms with Crippen LogP contribution in [0.4, 0.5) is 4.79 Å². The van der Waals surface area contributed by atoms with Gasteiger partial charge in [-0.05, 0) is 49.4 Å². The predicted octanol–water partition coefficient (Wildman–Crippen LogP) is 2.98. The number of aromatic nitrogens is 2. The molecule has 3 heterocycles. The van der Waals surface area contributed by atoms with E-state index in [9.17, 15) is 18.3 Å². The summed E-state index contributed by atoms with van der Waals surface area (Å²) >= 11 is 0. The number of rotatable bonds is 11. The van der Waals surface area contributed by atoms with Crippen molar-refractivity contribution in [3.63, 3.8) is 0 Å². The molecule has 1 aromatic heterocycles. The second-order valence-corrected chi connectivity index (χ2v) is 13.1. The number of hydrogen-bond donors (Lipinski definition) is 3. The van der Waals surface area contributed by atoms with Crippen molar-refractivity contribution in [1.29, 1.82) is 0 Å². The third-order valence-electron chi connectivity index (χ3n) is 7.48. The summed E-state index contributed by atoms with van der Waals surface area (Å²) in [5, 5.41) is 14.3. The molecular formula is C29H38N4O7S. The maximum absolute atomic E-state index is 13.8. The number of aromatic amines is 1. The van der Waals surface area contributed by atoms with E-state index >= 15 is 0 Å². The molecule has 2 aromatic carbocycles. The average Bonchev–Trinajstić information content (AvgIpc) is 3.64. The number of carbonyl (C=O) groups is 1. The van der Waals surface area contributed by atoms with Crippen molar-refractivity contribution in [2.75, 3.05) is 26.3 Å². The van der Waals surface area contributed by atoms with E-state index in [1.54, 1.807) is 19.1 Å². The highest BCUT2D eigenvalue weighted by atomic mass is 32.2. The number of aryl methyl sites for hydroxylation is 1. The molecule has 1 unspecified atom stereocenters. The Kier molecular flexibility index (Phi) is 8.95. The predicted molar refractivity (Wildman–Crippen MR) is 152 cm³/mol. The van der Waals surface area contributed by atoms with Gasteiger partial charge in [0.25, 0.3) is 0 Å². The van der Waals surface area contributed by atoms with Crippen LogP contribution in [0.1, 0.15) is 31.7 Å². The number of sulfonamides is 1. The number of nitrogens with zero attached hydrogens (tertiary/aromatic N) is 2. The second kappa shape index (κ2) is 12.5. The Hall–Kier alpha value is -3.03. The molecule has 2 aliphatic heterocycles. The summed E-state index contributed by atoms with van der Waals surface area (Å²) in [6.07, 6.45) is -1.71. The monoisotopic (exact) mass is 586 g/mol. The standard InChI is InChI=1S/C29H38N4O7S/c1-18(2)15-33(41(36,37)21-9-10-23-24(14-21)31-19(3)30-23)16-26(34)25(13-20-7-5-4-6-8-20)32-29(35)40-27-17-39-28-22(27)11-12-38-28/h4-10,14,18,22,25-28,34H,11-13,15-17H2,1-3H3,(H,30,31)(H,32,35)/t22-,25?,26+,27-,28+/m0/s1. The lowest BCUT2D eigenvalue weighted by Gasteiger charge is -2.31. The third-order valence-corrected chi connectivity index (χ3v) is 9.31. The van der Waals surface area contributed by atoms with Crippen molar-refractivity contribution in [3.8, 4) is 0 Å². The minimum atomic E-state index is -3.99. The number of hydrogen-bond acceptors (Lipinski definition) is 8. The van der Waals surface area contributed by atoms with E-state index in [0.717, 1.165) is 12.0 Å². The number of aliphatic hydroxyl groups excluding tert-OH is 1. The van der Waals surface area contributed by atoms with Crippen LogP contribution in [0.3, 0.4) is 0 Å². The molecule has 3 aromatic rings. The minimum Gasteiger partial charge on any atom is -0.443 e. The van der Waals surface area contributed by atoms with Crippen LogP contribution < -0.4 is 5.32 Å². The first kappa shape index (κ1) is 29.5. The smallest absolute Gasteiger partial charge is 0.407 e. The first-order chi connectivity index (χ1) is 19.6. The van der Waals surface area contributed by atoms with E-state index < -0.39 is 34.4 Å². The Labute approximate surface area is 240 Å². The number of carbonyl (C=O) groups excluding carboxylic acids is 1. The fourth-order valence-corrected chi connectivity index (χ4v) is 7.11. The number of benzene rings is 2. The summed E-state index contributed by atoms with van der Waals surface area (Å²) < 4.78 is 45.7. The van der Waals surface area contributed by atoms with Crippen LogP contribution in [0.5, 0.6) is 0 Å². The van der Waals surface area contributed by atoms with Gasteiger partial charge in [-0.15, -0.1) is 0 Å². The Balaban J connectivity index is 1.35. The molecule has 12 heteroatoms. The highest BCUT2D eigenvalue weighted by Gasteiger charge is 2.44. The van der Waals surface area contributed by atoms with Gasteiger partial charge in [-0.25, -0.2) is 18.2 Å². The van der Waals surface area contributed by atoms with E-state index in [2.05, 4.69) is 15.3 Å². The van der Waals surface area contributed by atoms with Crippen molar-refractivity contribution in [3.05, 3.63) is 59.9 Å². The van der Waals surface area contributed by atoms with Crippen LogP contribution in [0.15, 0.2) is 53.4 Å². The zero-order valence-electron chi connectivity index (χ0n) is 23.5. The Bertz CT molecular complexity index is 1450. The lowest BCUT2D eigenvalue weighted by Crippen LogP contribution is -2.51. The molecule has 0 saturated carbocycles. The van der Waals surface area contributed by atoms with Crippen molar-refractivity contribution < 1.29 is 32.5 Å². The second-order valence-electron chi connectivity index (χ2n) is 11.2. The maximum Gasteiger partial charge on any atom is 0.407 e. The van der Waals surface area contributed by atoms with Crippen molar-refractivity contribution in [2.45, 2.75) is 63.0 Å². The normalized spacial score (nSPS) is 22.2. The van der Waals surface area contributed by atoms with Gasteiger partial charge in [-0.2, -0.15) is 4.31 Å². The van der Waals surface area contributed by atoms with Gasteiger partial charge >= 0.3 is 6.09 Å². The van der Waals surface area contributed by atoms with Crippen molar-refractivity contribution in [2.24, 2.45) is 11.8 Å². The van der Waals surface area contributed by atoms with E-state index in [0.29, 0.717) is 23.5 Å². The summed E-state index contributed by atoms with van der Waals surface area (Å²) in [6, 6.07) is 13.3. The molecule has 1 amide bonds. The SMILES string of the molecule is Cc1nc2ccc(S(=O)(=O)N(CC(C)C)C[C@@H](O)C(Cc3ccccc3)NC(=O)O[C@H]3CO[C@H]4OCC[C@H]43)cc2[nH]1. The fraction of sp³-hybridized carbons (Fsp3) is 0.517. The number of imidazole rings is 1. The quantitative estimate of drug-likeness (QED) is 0.311. The molecule has 0 radical (unpaired) electrons. The van der Waals surface area contributed by atoms with Gasteiger partial charge < -0.3 is 29.6 Å². The van der Waals surface area contributed by atoms with Crippen molar-refractivity contribution in [1.82, 2.24) is 19.6 Å². The van der Waals surface area contributed by atoms with Crippen LogP contribution in [-0.2, 0) is 30.7 Å². The lowest BCUT2D eigenvalue weighted by molar-refractivity contribution is -0.0907. The molecule has 41 heavy (non-hydrogen) atoms. The summed E-state index contributed by atoms with van der Waals surface area (Å²) in [7, 11) is -3.99. The molecule has 2 fully saturated rings. The first-order valence-electron chi connectivity index (χ1n) is 14.0. The van der Waals surface area contributed by atoms with Gasteiger partial charge in [0.1, 0.15) is 11.9 Å². The van der Waals surface area contributed by atoms with Crippen LogP contribution in [0.2, 0.25) is 0 Å². The van der Waals surface area contributed by atoms with Crippen LogP contribution >= 0.6 is 0 Å². The Morgan fingerprint density at radius 2 is 1.98 bits per heavy atom. The lowest BCUT2D eigenvalue weighted by atomic mass is 10.0. The minimum absolute atomic E-state index is 0.00968. The van der Waals surface area contributed by atoms with E-state index in [-0.39, 0.29) is 49.1 Å². The van der Waals surface area contributed by atoms with Crippen LogP contribution in [-0.4, -0.2) is 84.7 Å². The van der Waals surface area contributed by atoms with Crippen molar-refractivity contribution >= 4 is 27.1 Å². The molecule has 5 rings (SSSR count). The number of H-pyrrole nitrogens is 1. The third kappa shape index (κ3) is 6.90. The highest BCUT2D eigenvalue weighted by molar-refractivity contribution is 7.89. The van der Waals surface area contributed by atoms with Gasteiger partial charge in [0, 0.05) is 13.1 Å². The number of aliphatic hydroxyl groups is 1. The van der Waals surface area contributed by atoms with Gasteiger partial charge in [0.15, 0.2) is 6.29 Å². The highest BCUT2D eigenvalue weighted by Crippen LogP contribution is 2.33. The molecule has 11 nitrogen and oxygen atoms in total. The molecule has 2 saturated heterocycles. The fourth-order valence-electron chi connectivity index (χ4n) is 5.46. The summed E-state index contributed by atoms with van der Waals surface area (Å²) in [5.74, 6) is 0.649. The molecule has 0 bridgehead atoms. The summed E-state index contributed by atoms with van der Waals surface area (Å²) in [5.41, 5.74) is 2.17. The molecule has 3 N–H and O–H groups in total. The maximum atomic E-state index is 13.8. The Morgan fingerprint density at radius 3 is 2.73 bits per heavy atom. The molecule has 0 spiro atoms. The molecule has 2 aliphatic rings. The van der Waals surface area contributed by atoms with E-state index in [1.807, 2.05) is 44.2 Å². The van der Waals surface area contributed by atoms with Gasteiger partial charge in [0.2, 0.25) is 10.0 Å². The van der Waals surface area contributed by atoms with Crippen LogP contribution in [0, 0.1) is 18.8 Å². The van der Waals surface area contributed by atoms with Gasteiger partial charge in [-0.3, -0.25) is 0 Å². The zero-order valence-corrected chi connectivity index (χ0v) is 24.3. The Morgan fingerprint density at radius 1 is 1.20 bits per heavy atom.